The second-order valence-corrected chi connectivity index (χ2v) is 7.95. The minimum absolute atomic E-state index is 0.0634. The monoisotopic (exact) mass is 403 g/mol. The average Bonchev–Trinajstić information content (AvgIpc) is 3.24. The van der Waals surface area contributed by atoms with E-state index >= 15 is 0 Å². The number of ether oxygens (including phenoxy) is 1. The van der Waals surface area contributed by atoms with E-state index in [1.807, 2.05) is 36.5 Å². The summed E-state index contributed by atoms with van der Waals surface area (Å²) in [6, 6.07) is 9.83. The fraction of sp³-hybridized carbons (Fsp3) is 0.391. The molecule has 1 aliphatic carbocycles. The molecule has 0 radical (unpaired) electrons. The molecule has 154 valence electrons. The Morgan fingerprint density at radius 3 is 2.80 bits per heavy atom. The number of fused-ring (bicyclic) bond motifs is 3. The summed E-state index contributed by atoms with van der Waals surface area (Å²) in [5, 5.41) is 5.29. The lowest BCUT2D eigenvalue weighted by Crippen LogP contribution is -2.21. The van der Waals surface area contributed by atoms with Crippen LogP contribution in [0.25, 0.3) is 16.7 Å². The van der Waals surface area contributed by atoms with Gasteiger partial charge in [-0.15, -0.1) is 5.10 Å². The van der Waals surface area contributed by atoms with Crippen molar-refractivity contribution in [3.63, 3.8) is 0 Å². The van der Waals surface area contributed by atoms with Crippen LogP contribution in [-0.2, 0) is 13.0 Å². The number of pyridine rings is 1. The summed E-state index contributed by atoms with van der Waals surface area (Å²) in [4.78, 5) is 22.2. The Kier molecular flexibility index (Phi) is 4.94. The van der Waals surface area contributed by atoms with Crippen LogP contribution >= 0.6 is 0 Å². The SMILES string of the molecule is COc1ccccc1CCn1ccc2c(cnc3nc(C4CCCCC4)nn32)c1=O. The lowest BCUT2D eigenvalue weighted by molar-refractivity contribution is 0.408. The molecule has 0 atom stereocenters. The zero-order valence-corrected chi connectivity index (χ0v) is 17.1. The standard InChI is InChI=1S/C23H25N5O2/c1-30-20-10-6-5-7-16(20)11-13-27-14-12-19-18(22(27)29)15-24-23-25-21(26-28(19)23)17-8-3-2-4-9-17/h5-7,10,12,14-15,17H,2-4,8-9,11,13H2,1H3. The molecule has 5 rings (SSSR count). The average molecular weight is 403 g/mol. The molecular weight excluding hydrogens is 378 g/mol. The first-order valence-corrected chi connectivity index (χ1v) is 10.6. The van der Waals surface area contributed by atoms with E-state index in [-0.39, 0.29) is 5.56 Å². The molecule has 3 heterocycles. The summed E-state index contributed by atoms with van der Waals surface area (Å²) in [7, 11) is 1.66. The Bertz CT molecular complexity index is 1250. The Morgan fingerprint density at radius 2 is 1.97 bits per heavy atom. The molecule has 4 aromatic rings. The van der Waals surface area contributed by atoms with Crippen LogP contribution in [0.4, 0.5) is 0 Å². The molecule has 0 bridgehead atoms. The van der Waals surface area contributed by atoms with Gasteiger partial charge in [-0.1, -0.05) is 37.5 Å². The normalized spacial score (nSPS) is 15.1. The van der Waals surface area contributed by atoms with Crippen LogP contribution in [0.1, 0.15) is 49.4 Å². The number of aryl methyl sites for hydroxylation is 2. The summed E-state index contributed by atoms with van der Waals surface area (Å²) in [5.41, 5.74) is 1.77. The van der Waals surface area contributed by atoms with E-state index < -0.39 is 0 Å². The first-order chi connectivity index (χ1) is 14.7. The number of hydrogen-bond acceptors (Lipinski definition) is 5. The number of hydrogen-bond donors (Lipinski definition) is 0. The largest absolute Gasteiger partial charge is 0.496 e. The summed E-state index contributed by atoms with van der Waals surface area (Å²) in [6.45, 7) is 0.567. The summed E-state index contributed by atoms with van der Waals surface area (Å²) < 4.78 is 8.87. The van der Waals surface area contributed by atoms with Crippen molar-refractivity contribution in [2.24, 2.45) is 0 Å². The maximum absolute atomic E-state index is 13.1. The van der Waals surface area contributed by atoms with E-state index in [1.165, 1.54) is 19.3 Å². The number of aromatic nitrogens is 5. The minimum atomic E-state index is -0.0634. The predicted molar refractivity (Wildman–Crippen MR) is 115 cm³/mol. The van der Waals surface area contributed by atoms with Crippen molar-refractivity contribution in [3.8, 4) is 5.75 Å². The lowest BCUT2D eigenvalue weighted by Gasteiger charge is -2.17. The second-order valence-electron chi connectivity index (χ2n) is 7.95. The van der Waals surface area contributed by atoms with Gasteiger partial charge < -0.3 is 9.30 Å². The maximum atomic E-state index is 13.1. The van der Waals surface area contributed by atoms with E-state index in [1.54, 1.807) is 22.4 Å². The van der Waals surface area contributed by atoms with Crippen molar-refractivity contribution >= 4 is 16.7 Å². The van der Waals surface area contributed by atoms with E-state index in [2.05, 4.69) is 9.97 Å². The van der Waals surface area contributed by atoms with Crippen molar-refractivity contribution in [2.45, 2.75) is 51.0 Å². The first kappa shape index (κ1) is 18.8. The molecular formula is C23H25N5O2. The van der Waals surface area contributed by atoms with Gasteiger partial charge in [-0.25, -0.2) is 4.98 Å². The van der Waals surface area contributed by atoms with Crippen LogP contribution in [0.15, 0.2) is 47.5 Å². The van der Waals surface area contributed by atoms with Crippen LogP contribution in [-0.4, -0.2) is 31.3 Å². The molecule has 0 unspecified atom stereocenters. The molecule has 0 N–H and O–H groups in total. The molecule has 1 aliphatic rings. The van der Waals surface area contributed by atoms with Crippen LogP contribution in [0.2, 0.25) is 0 Å². The highest BCUT2D eigenvalue weighted by atomic mass is 16.5. The molecule has 1 saturated carbocycles. The topological polar surface area (TPSA) is 74.3 Å². The van der Waals surface area contributed by atoms with Crippen molar-refractivity contribution in [2.75, 3.05) is 7.11 Å². The predicted octanol–water partition coefficient (Wildman–Crippen LogP) is 3.74. The van der Waals surface area contributed by atoms with Crippen LogP contribution in [0.3, 0.4) is 0 Å². The molecule has 0 amide bonds. The molecule has 0 spiro atoms. The third kappa shape index (κ3) is 3.34. The Hall–Kier alpha value is -3.22. The zero-order chi connectivity index (χ0) is 20.5. The summed E-state index contributed by atoms with van der Waals surface area (Å²) >= 11 is 0. The fourth-order valence-corrected chi connectivity index (χ4v) is 4.44. The van der Waals surface area contributed by atoms with Gasteiger partial charge >= 0.3 is 0 Å². The van der Waals surface area contributed by atoms with Crippen molar-refractivity contribution in [1.82, 2.24) is 24.1 Å². The van der Waals surface area contributed by atoms with Crippen LogP contribution in [0.5, 0.6) is 5.75 Å². The number of methoxy groups -OCH3 is 1. The van der Waals surface area contributed by atoms with Crippen molar-refractivity contribution < 1.29 is 4.74 Å². The van der Waals surface area contributed by atoms with E-state index in [0.29, 0.717) is 30.0 Å². The van der Waals surface area contributed by atoms with Gasteiger partial charge in [0.25, 0.3) is 11.3 Å². The van der Waals surface area contributed by atoms with Crippen LogP contribution < -0.4 is 10.3 Å². The molecule has 1 fully saturated rings. The highest BCUT2D eigenvalue weighted by molar-refractivity contribution is 5.78. The van der Waals surface area contributed by atoms with Gasteiger partial charge in [-0.3, -0.25) is 4.79 Å². The maximum Gasteiger partial charge on any atom is 0.261 e. The van der Waals surface area contributed by atoms with E-state index in [0.717, 1.165) is 35.5 Å². The molecule has 1 aromatic carbocycles. The number of benzene rings is 1. The fourth-order valence-electron chi connectivity index (χ4n) is 4.44. The third-order valence-corrected chi connectivity index (χ3v) is 6.11. The van der Waals surface area contributed by atoms with Crippen molar-refractivity contribution in [1.29, 1.82) is 0 Å². The Labute approximate surface area is 174 Å². The molecule has 30 heavy (non-hydrogen) atoms. The van der Waals surface area contributed by atoms with E-state index in [4.69, 9.17) is 9.84 Å². The van der Waals surface area contributed by atoms with Gasteiger partial charge in [-0.2, -0.15) is 9.50 Å². The zero-order valence-electron chi connectivity index (χ0n) is 17.1. The lowest BCUT2D eigenvalue weighted by atomic mass is 9.89. The van der Waals surface area contributed by atoms with Gasteiger partial charge in [0.2, 0.25) is 0 Å². The molecule has 7 nitrogen and oxygen atoms in total. The van der Waals surface area contributed by atoms with Gasteiger partial charge in [0.1, 0.15) is 5.75 Å². The van der Waals surface area contributed by atoms with Crippen LogP contribution in [0, 0.1) is 0 Å². The number of rotatable bonds is 5. The quantitative estimate of drug-likeness (QED) is 0.507. The highest BCUT2D eigenvalue weighted by Crippen LogP contribution is 2.31. The summed E-state index contributed by atoms with van der Waals surface area (Å²) in [5.74, 6) is 2.66. The first-order valence-electron chi connectivity index (χ1n) is 10.6. The number of nitrogens with zero attached hydrogens (tertiary/aromatic N) is 5. The molecule has 0 saturated heterocycles. The van der Waals surface area contributed by atoms with Gasteiger partial charge in [0.15, 0.2) is 5.82 Å². The molecule has 0 aliphatic heterocycles. The summed E-state index contributed by atoms with van der Waals surface area (Å²) in [6.07, 6.45) is 10.2. The molecule has 3 aromatic heterocycles. The number of para-hydroxylation sites is 1. The Balaban J connectivity index is 1.48. The van der Waals surface area contributed by atoms with Gasteiger partial charge in [0, 0.05) is 24.9 Å². The highest BCUT2D eigenvalue weighted by Gasteiger charge is 2.21. The van der Waals surface area contributed by atoms with Gasteiger partial charge in [0.05, 0.1) is 18.0 Å². The smallest absolute Gasteiger partial charge is 0.261 e. The molecule has 7 heteroatoms. The third-order valence-electron chi connectivity index (χ3n) is 6.11. The van der Waals surface area contributed by atoms with E-state index in [9.17, 15) is 4.79 Å². The second kappa shape index (κ2) is 7.89. The van der Waals surface area contributed by atoms with Gasteiger partial charge in [-0.05, 0) is 37.0 Å². The Morgan fingerprint density at radius 1 is 1.13 bits per heavy atom. The minimum Gasteiger partial charge on any atom is -0.496 e. The van der Waals surface area contributed by atoms with Crippen molar-refractivity contribution in [3.05, 3.63) is 64.5 Å².